The molecule has 0 radical (unpaired) electrons. The molecular formula is C24H31N3O2. The number of amides is 2. The van der Waals surface area contributed by atoms with Crippen LogP contribution in [0.5, 0.6) is 0 Å². The van der Waals surface area contributed by atoms with E-state index in [1.54, 1.807) is 0 Å². The largest absolute Gasteiger partial charge is 0.354 e. The quantitative estimate of drug-likeness (QED) is 0.759. The van der Waals surface area contributed by atoms with Gasteiger partial charge in [-0.2, -0.15) is 0 Å². The highest BCUT2D eigenvalue weighted by atomic mass is 16.2. The van der Waals surface area contributed by atoms with Crippen molar-refractivity contribution in [1.29, 1.82) is 0 Å². The van der Waals surface area contributed by atoms with E-state index < -0.39 is 0 Å². The summed E-state index contributed by atoms with van der Waals surface area (Å²) in [4.78, 5) is 26.7. The molecule has 0 saturated heterocycles. The van der Waals surface area contributed by atoms with Crippen LogP contribution in [0.3, 0.4) is 0 Å². The summed E-state index contributed by atoms with van der Waals surface area (Å²) in [5.41, 5.74) is 3.57. The van der Waals surface area contributed by atoms with Crippen molar-refractivity contribution in [2.45, 2.75) is 51.7 Å². The Bertz CT molecular complexity index is 848. The van der Waals surface area contributed by atoms with Crippen LogP contribution in [0.2, 0.25) is 0 Å². The molecule has 2 N–H and O–H groups in total. The van der Waals surface area contributed by atoms with E-state index in [1.807, 2.05) is 30.3 Å². The first-order valence-corrected chi connectivity index (χ1v) is 10.3. The van der Waals surface area contributed by atoms with Gasteiger partial charge in [0.25, 0.3) is 0 Å². The fourth-order valence-electron chi connectivity index (χ4n) is 3.88. The lowest BCUT2D eigenvalue weighted by atomic mass is 9.94. The molecule has 5 nitrogen and oxygen atoms in total. The van der Waals surface area contributed by atoms with Gasteiger partial charge in [0.1, 0.15) is 0 Å². The molecule has 1 heterocycles. The highest BCUT2D eigenvalue weighted by molar-refractivity contribution is 5.79. The molecule has 1 aliphatic rings. The molecule has 1 aliphatic heterocycles. The summed E-state index contributed by atoms with van der Waals surface area (Å²) >= 11 is 0. The summed E-state index contributed by atoms with van der Waals surface area (Å²) in [6, 6.07) is 17.9. The van der Waals surface area contributed by atoms with Crippen LogP contribution in [-0.2, 0) is 22.6 Å². The van der Waals surface area contributed by atoms with Crippen LogP contribution >= 0.6 is 0 Å². The third kappa shape index (κ3) is 5.67. The van der Waals surface area contributed by atoms with Crippen molar-refractivity contribution in [3.63, 3.8) is 0 Å². The SMILES string of the molecule is CC(=O)NC(CC(=O)NCC(C)(C)N1CCc2ccccc2C1)c1ccccc1. The Kier molecular flexibility index (Phi) is 6.70. The normalized spacial score (nSPS) is 15.3. The smallest absolute Gasteiger partial charge is 0.222 e. The first-order chi connectivity index (χ1) is 13.8. The number of benzene rings is 2. The summed E-state index contributed by atoms with van der Waals surface area (Å²) in [6.07, 6.45) is 1.26. The van der Waals surface area contributed by atoms with Gasteiger partial charge in [0.15, 0.2) is 0 Å². The number of fused-ring (bicyclic) bond motifs is 1. The molecule has 1 atom stereocenters. The monoisotopic (exact) mass is 393 g/mol. The second-order valence-electron chi connectivity index (χ2n) is 8.40. The predicted molar refractivity (Wildman–Crippen MR) is 115 cm³/mol. The fraction of sp³-hybridized carbons (Fsp3) is 0.417. The molecule has 1 unspecified atom stereocenters. The zero-order valence-corrected chi connectivity index (χ0v) is 17.6. The van der Waals surface area contributed by atoms with Gasteiger partial charge in [-0.25, -0.2) is 0 Å². The molecule has 154 valence electrons. The Labute approximate surface area is 173 Å². The van der Waals surface area contributed by atoms with Crippen molar-refractivity contribution in [2.75, 3.05) is 13.1 Å². The van der Waals surface area contributed by atoms with Crippen LogP contribution in [0.15, 0.2) is 54.6 Å². The molecule has 2 amide bonds. The van der Waals surface area contributed by atoms with Crippen LogP contribution in [0.4, 0.5) is 0 Å². The lowest BCUT2D eigenvalue weighted by Gasteiger charge is -2.41. The van der Waals surface area contributed by atoms with E-state index in [-0.39, 0.29) is 29.8 Å². The third-order valence-corrected chi connectivity index (χ3v) is 5.67. The molecule has 3 rings (SSSR count). The Balaban J connectivity index is 1.58. The molecule has 29 heavy (non-hydrogen) atoms. The Hall–Kier alpha value is -2.66. The van der Waals surface area contributed by atoms with E-state index in [9.17, 15) is 9.59 Å². The van der Waals surface area contributed by atoms with Gasteiger partial charge >= 0.3 is 0 Å². The standard InChI is InChI=1S/C24H31N3O2/c1-18(28)26-22(20-10-5-4-6-11-20)15-23(29)25-17-24(2,3)27-14-13-19-9-7-8-12-21(19)16-27/h4-12,22H,13-17H2,1-3H3,(H,25,29)(H,26,28). The first-order valence-electron chi connectivity index (χ1n) is 10.3. The summed E-state index contributed by atoms with van der Waals surface area (Å²) < 4.78 is 0. The number of nitrogens with one attached hydrogen (secondary N) is 2. The van der Waals surface area contributed by atoms with Crippen molar-refractivity contribution >= 4 is 11.8 Å². The highest BCUT2D eigenvalue weighted by Gasteiger charge is 2.30. The van der Waals surface area contributed by atoms with Gasteiger partial charge in [-0.1, -0.05) is 54.6 Å². The van der Waals surface area contributed by atoms with Crippen LogP contribution in [0.1, 0.15) is 49.9 Å². The van der Waals surface area contributed by atoms with Gasteiger partial charge in [-0.05, 0) is 37.0 Å². The average molecular weight is 394 g/mol. The lowest BCUT2D eigenvalue weighted by Crippen LogP contribution is -2.53. The zero-order chi connectivity index (χ0) is 20.9. The Morgan fingerprint density at radius 1 is 1.03 bits per heavy atom. The third-order valence-electron chi connectivity index (χ3n) is 5.67. The van der Waals surface area contributed by atoms with Crippen molar-refractivity contribution in [1.82, 2.24) is 15.5 Å². The van der Waals surface area contributed by atoms with Crippen LogP contribution in [0, 0.1) is 0 Å². The Morgan fingerprint density at radius 2 is 1.69 bits per heavy atom. The van der Waals surface area contributed by atoms with Crippen molar-refractivity contribution in [3.8, 4) is 0 Å². The van der Waals surface area contributed by atoms with Gasteiger partial charge in [0.05, 0.1) is 12.5 Å². The van der Waals surface area contributed by atoms with E-state index in [2.05, 4.69) is 53.6 Å². The molecule has 0 aromatic heterocycles. The van der Waals surface area contributed by atoms with Crippen LogP contribution < -0.4 is 10.6 Å². The topological polar surface area (TPSA) is 61.4 Å². The Morgan fingerprint density at radius 3 is 2.38 bits per heavy atom. The van der Waals surface area contributed by atoms with Crippen LogP contribution in [-0.4, -0.2) is 35.3 Å². The van der Waals surface area contributed by atoms with Gasteiger partial charge < -0.3 is 10.6 Å². The summed E-state index contributed by atoms with van der Waals surface area (Å²) in [5, 5.41) is 5.97. The van der Waals surface area contributed by atoms with Crippen molar-refractivity contribution in [2.24, 2.45) is 0 Å². The maximum Gasteiger partial charge on any atom is 0.222 e. The molecular weight excluding hydrogens is 362 g/mol. The maximum absolute atomic E-state index is 12.7. The molecule has 0 saturated carbocycles. The zero-order valence-electron chi connectivity index (χ0n) is 17.6. The molecule has 2 aromatic rings. The van der Waals surface area contributed by atoms with E-state index in [1.165, 1.54) is 18.1 Å². The van der Waals surface area contributed by atoms with Gasteiger partial charge in [-0.3, -0.25) is 14.5 Å². The minimum Gasteiger partial charge on any atom is -0.354 e. The minimum atomic E-state index is -0.321. The summed E-state index contributed by atoms with van der Waals surface area (Å²) in [7, 11) is 0. The average Bonchev–Trinajstić information content (AvgIpc) is 2.72. The van der Waals surface area contributed by atoms with E-state index in [0.29, 0.717) is 6.54 Å². The minimum absolute atomic E-state index is 0.0573. The lowest BCUT2D eigenvalue weighted by molar-refractivity contribution is -0.123. The number of hydrogen-bond acceptors (Lipinski definition) is 3. The van der Waals surface area contributed by atoms with Gasteiger partial charge in [-0.15, -0.1) is 0 Å². The second-order valence-corrected chi connectivity index (χ2v) is 8.40. The van der Waals surface area contributed by atoms with E-state index >= 15 is 0 Å². The van der Waals surface area contributed by atoms with Crippen LogP contribution in [0.25, 0.3) is 0 Å². The molecule has 0 aliphatic carbocycles. The number of hydrogen-bond donors (Lipinski definition) is 2. The van der Waals surface area contributed by atoms with Gasteiger partial charge in [0.2, 0.25) is 11.8 Å². The molecule has 0 spiro atoms. The predicted octanol–water partition coefficient (Wildman–Crippen LogP) is 3.21. The van der Waals surface area contributed by atoms with Gasteiger partial charge in [0, 0.05) is 32.1 Å². The first kappa shape index (κ1) is 21.1. The highest BCUT2D eigenvalue weighted by Crippen LogP contribution is 2.25. The number of rotatable bonds is 7. The number of carbonyl (C=O) groups excluding carboxylic acids is 2. The number of carbonyl (C=O) groups is 2. The molecule has 5 heteroatoms. The summed E-state index contributed by atoms with van der Waals surface area (Å²) in [5.74, 6) is -0.197. The van der Waals surface area contributed by atoms with E-state index in [4.69, 9.17) is 0 Å². The van der Waals surface area contributed by atoms with Crippen molar-refractivity contribution < 1.29 is 9.59 Å². The second kappa shape index (κ2) is 9.23. The molecule has 0 fully saturated rings. The summed E-state index contributed by atoms with van der Waals surface area (Å²) in [6.45, 7) is 8.27. The fourth-order valence-corrected chi connectivity index (χ4v) is 3.88. The van der Waals surface area contributed by atoms with E-state index in [0.717, 1.165) is 25.1 Å². The maximum atomic E-state index is 12.7. The van der Waals surface area contributed by atoms with Crippen molar-refractivity contribution in [3.05, 3.63) is 71.3 Å². The number of nitrogens with zero attached hydrogens (tertiary/aromatic N) is 1. The molecule has 0 bridgehead atoms. The molecule has 2 aromatic carbocycles.